The third-order valence-electron chi connectivity index (χ3n) is 5.47. The second kappa shape index (κ2) is 9.47. The van der Waals surface area contributed by atoms with E-state index in [-0.39, 0.29) is 11.8 Å². The third kappa shape index (κ3) is 4.71. The van der Waals surface area contributed by atoms with Gasteiger partial charge in [0.2, 0.25) is 5.91 Å². The maximum atomic E-state index is 11.8. The molecule has 0 radical (unpaired) electrons. The van der Waals surface area contributed by atoms with Crippen molar-refractivity contribution in [3.8, 4) is 0 Å². The van der Waals surface area contributed by atoms with Crippen LogP contribution in [0.25, 0.3) is 11.1 Å². The molecule has 3 rings (SSSR count). The van der Waals surface area contributed by atoms with E-state index < -0.39 is 6.61 Å². The minimum atomic E-state index is -0.435. The van der Waals surface area contributed by atoms with E-state index in [0.29, 0.717) is 13.1 Å². The lowest BCUT2D eigenvalue weighted by Crippen LogP contribution is -2.41. The molecule has 1 saturated heterocycles. The topological polar surface area (TPSA) is 78.4 Å². The lowest BCUT2D eigenvalue weighted by molar-refractivity contribution is -0.135. The summed E-state index contributed by atoms with van der Waals surface area (Å²) in [7, 11) is 1.92. The van der Waals surface area contributed by atoms with Crippen LogP contribution in [-0.4, -0.2) is 52.6 Å². The minimum Gasteiger partial charge on any atom is -0.391 e. The largest absolute Gasteiger partial charge is 0.391 e. The molecule has 0 bridgehead atoms. The van der Waals surface area contributed by atoms with Gasteiger partial charge in [-0.25, -0.2) is 9.97 Å². The molecule has 1 aliphatic rings. The molecule has 1 amide bonds. The standard InChI is InChI=1S/C23H28N4O2/c1-16-4-6-18(7-5-16)17(2)22(20-8-11-25-15-26-20)23(24-3)19-9-12-27(13-10-19)21(29)14-28/h4-8,11,15,19,24,28H,2,9-10,12-14H2,1,3H3/b23-22+. The molecule has 2 N–H and O–H groups in total. The normalized spacial score (nSPS) is 15.6. The number of aryl methyl sites for hydroxylation is 1. The van der Waals surface area contributed by atoms with Crippen molar-refractivity contribution in [2.24, 2.45) is 5.92 Å². The molecule has 0 atom stereocenters. The first-order valence-corrected chi connectivity index (χ1v) is 9.88. The smallest absolute Gasteiger partial charge is 0.248 e. The number of amides is 1. The molecule has 2 aromatic rings. The average molecular weight is 393 g/mol. The molecule has 6 nitrogen and oxygen atoms in total. The summed E-state index contributed by atoms with van der Waals surface area (Å²) in [5, 5.41) is 12.5. The van der Waals surface area contributed by atoms with Crippen molar-refractivity contribution < 1.29 is 9.90 Å². The van der Waals surface area contributed by atoms with Crippen molar-refractivity contribution in [3.05, 3.63) is 72.0 Å². The first-order chi connectivity index (χ1) is 14.0. The quantitative estimate of drug-likeness (QED) is 0.739. The average Bonchev–Trinajstić information content (AvgIpc) is 2.77. The first kappa shape index (κ1) is 20.7. The number of benzene rings is 1. The SMILES string of the molecule is C=C(/C(=C(\NC)C1CCN(C(=O)CO)CC1)c1ccncn1)c1ccc(C)cc1. The summed E-state index contributed by atoms with van der Waals surface area (Å²) in [6.45, 7) is 7.28. The number of likely N-dealkylation sites (tertiary alicyclic amines) is 1. The predicted octanol–water partition coefficient (Wildman–Crippen LogP) is 2.66. The lowest BCUT2D eigenvalue weighted by Gasteiger charge is -2.34. The molecule has 0 saturated carbocycles. The Morgan fingerprint density at radius 1 is 1.24 bits per heavy atom. The maximum absolute atomic E-state index is 11.8. The van der Waals surface area contributed by atoms with Crippen molar-refractivity contribution in [1.82, 2.24) is 20.2 Å². The van der Waals surface area contributed by atoms with Gasteiger partial charge in [0.05, 0.1) is 5.69 Å². The first-order valence-electron chi connectivity index (χ1n) is 9.88. The van der Waals surface area contributed by atoms with E-state index in [1.165, 1.54) is 5.56 Å². The minimum absolute atomic E-state index is 0.210. The summed E-state index contributed by atoms with van der Waals surface area (Å²) in [5.74, 6) is 0.0356. The second-order valence-corrected chi connectivity index (χ2v) is 7.29. The van der Waals surface area contributed by atoms with Crippen LogP contribution in [0.15, 0.2) is 55.1 Å². The molecular formula is C23H28N4O2. The number of allylic oxidation sites excluding steroid dienone is 3. The highest BCUT2D eigenvalue weighted by Gasteiger charge is 2.27. The molecule has 0 aliphatic carbocycles. The molecule has 1 aromatic carbocycles. The number of carbonyl (C=O) groups is 1. The van der Waals surface area contributed by atoms with Crippen LogP contribution in [0.2, 0.25) is 0 Å². The number of aromatic nitrogens is 2. The molecular weight excluding hydrogens is 364 g/mol. The number of aliphatic hydroxyl groups excluding tert-OH is 1. The van der Waals surface area contributed by atoms with Crippen LogP contribution in [0.4, 0.5) is 0 Å². The molecule has 1 aliphatic heterocycles. The van der Waals surface area contributed by atoms with E-state index in [1.54, 1.807) is 17.4 Å². The number of aliphatic hydroxyl groups is 1. The van der Waals surface area contributed by atoms with Crippen LogP contribution in [-0.2, 0) is 4.79 Å². The zero-order valence-corrected chi connectivity index (χ0v) is 17.1. The molecule has 0 unspecified atom stereocenters. The van der Waals surface area contributed by atoms with Crippen LogP contribution in [0.1, 0.15) is 29.7 Å². The van der Waals surface area contributed by atoms with Crippen molar-refractivity contribution in [1.29, 1.82) is 0 Å². The predicted molar refractivity (Wildman–Crippen MR) is 115 cm³/mol. The van der Waals surface area contributed by atoms with Gasteiger partial charge in [0.1, 0.15) is 12.9 Å². The molecule has 29 heavy (non-hydrogen) atoms. The highest BCUT2D eigenvalue weighted by Crippen LogP contribution is 2.36. The Kier molecular flexibility index (Phi) is 6.77. The number of rotatable bonds is 6. The lowest BCUT2D eigenvalue weighted by atomic mass is 9.85. The van der Waals surface area contributed by atoms with Gasteiger partial charge in [0, 0.05) is 43.5 Å². The summed E-state index contributed by atoms with van der Waals surface area (Å²) >= 11 is 0. The molecule has 1 fully saturated rings. The van der Waals surface area contributed by atoms with Crippen LogP contribution in [0.3, 0.4) is 0 Å². The van der Waals surface area contributed by atoms with Crippen LogP contribution < -0.4 is 5.32 Å². The van der Waals surface area contributed by atoms with Crippen molar-refractivity contribution in [2.75, 3.05) is 26.7 Å². The van der Waals surface area contributed by atoms with E-state index >= 15 is 0 Å². The number of piperidine rings is 1. The van der Waals surface area contributed by atoms with E-state index in [2.05, 4.69) is 53.1 Å². The van der Waals surface area contributed by atoms with Crippen molar-refractivity contribution in [2.45, 2.75) is 19.8 Å². The number of hydrogen-bond acceptors (Lipinski definition) is 5. The summed E-state index contributed by atoms with van der Waals surface area (Å²) in [5.41, 5.74) is 6.02. The Hall–Kier alpha value is -2.99. The Bertz CT molecular complexity index is 883. The van der Waals surface area contributed by atoms with Crippen LogP contribution in [0.5, 0.6) is 0 Å². The zero-order valence-electron chi connectivity index (χ0n) is 17.1. The van der Waals surface area contributed by atoms with Crippen molar-refractivity contribution >= 4 is 17.1 Å². The third-order valence-corrected chi connectivity index (χ3v) is 5.47. The Balaban J connectivity index is 1.99. The highest BCUT2D eigenvalue weighted by molar-refractivity contribution is 6.04. The van der Waals surface area contributed by atoms with Gasteiger partial charge in [0.25, 0.3) is 0 Å². The fourth-order valence-electron chi connectivity index (χ4n) is 3.84. The number of nitrogens with zero attached hydrogens (tertiary/aromatic N) is 3. The Morgan fingerprint density at radius 2 is 1.93 bits per heavy atom. The molecule has 1 aromatic heterocycles. The second-order valence-electron chi connectivity index (χ2n) is 7.29. The monoisotopic (exact) mass is 392 g/mol. The number of hydrogen-bond donors (Lipinski definition) is 2. The summed E-state index contributed by atoms with van der Waals surface area (Å²) in [6.07, 6.45) is 4.92. The van der Waals surface area contributed by atoms with E-state index in [1.807, 2.05) is 13.1 Å². The van der Waals surface area contributed by atoms with Gasteiger partial charge in [-0.15, -0.1) is 0 Å². The van der Waals surface area contributed by atoms with Crippen LogP contribution >= 0.6 is 0 Å². The van der Waals surface area contributed by atoms with Gasteiger partial charge < -0.3 is 15.3 Å². The van der Waals surface area contributed by atoms with Gasteiger partial charge in [-0.1, -0.05) is 36.4 Å². The summed E-state index contributed by atoms with van der Waals surface area (Å²) in [4.78, 5) is 22.1. The number of nitrogens with one attached hydrogen (secondary N) is 1. The molecule has 6 heteroatoms. The Morgan fingerprint density at radius 3 is 2.48 bits per heavy atom. The summed E-state index contributed by atoms with van der Waals surface area (Å²) in [6, 6.07) is 10.2. The van der Waals surface area contributed by atoms with Gasteiger partial charge in [-0.3, -0.25) is 4.79 Å². The molecule has 2 heterocycles. The van der Waals surface area contributed by atoms with Gasteiger partial charge in [0.15, 0.2) is 0 Å². The zero-order chi connectivity index (χ0) is 20.8. The van der Waals surface area contributed by atoms with Crippen molar-refractivity contribution in [3.63, 3.8) is 0 Å². The Labute approximate surface area is 172 Å². The maximum Gasteiger partial charge on any atom is 0.248 e. The fourth-order valence-corrected chi connectivity index (χ4v) is 3.84. The van der Waals surface area contributed by atoms with E-state index in [9.17, 15) is 4.79 Å². The van der Waals surface area contributed by atoms with E-state index in [0.717, 1.165) is 40.9 Å². The summed E-state index contributed by atoms with van der Waals surface area (Å²) < 4.78 is 0. The van der Waals surface area contributed by atoms with Crippen LogP contribution in [0, 0.1) is 12.8 Å². The van der Waals surface area contributed by atoms with Gasteiger partial charge in [-0.05, 0) is 37.0 Å². The van der Waals surface area contributed by atoms with Gasteiger partial charge in [-0.2, -0.15) is 0 Å². The fraction of sp³-hybridized carbons (Fsp3) is 0.348. The van der Waals surface area contributed by atoms with E-state index in [4.69, 9.17) is 5.11 Å². The molecule has 0 spiro atoms. The number of carbonyl (C=O) groups excluding carboxylic acids is 1. The highest BCUT2D eigenvalue weighted by atomic mass is 16.3. The van der Waals surface area contributed by atoms with Gasteiger partial charge >= 0.3 is 0 Å². The molecule has 152 valence electrons.